The average molecular weight is 526 g/mol. The monoisotopic (exact) mass is 525 g/mol. The van der Waals surface area contributed by atoms with Crippen LogP contribution in [0, 0.1) is 0 Å². The van der Waals surface area contributed by atoms with Crippen molar-refractivity contribution in [1.29, 1.82) is 0 Å². The lowest BCUT2D eigenvalue weighted by Crippen LogP contribution is -2.34. The first kappa shape index (κ1) is 24.7. The third-order valence-corrected chi connectivity index (χ3v) is 7.44. The molecule has 13 heteroatoms. The Kier molecular flexibility index (Phi) is 6.56. The zero-order valence-electron chi connectivity index (χ0n) is 20.9. The summed E-state index contributed by atoms with van der Waals surface area (Å²) in [7, 11) is 0.832. The lowest BCUT2D eigenvalue weighted by Gasteiger charge is -2.18. The third kappa shape index (κ3) is 4.74. The Morgan fingerprint density at radius 2 is 1.76 bits per heavy atom. The number of nitrogens with zero attached hydrogens (tertiary/aromatic N) is 6. The quantitative estimate of drug-likeness (QED) is 0.332. The zero-order chi connectivity index (χ0) is 26.2. The summed E-state index contributed by atoms with van der Waals surface area (Å²) < 4.78 is 48.1. The second-order valence-corrected chi connectivity index (χ2v) is 10.1. The molecule has 0 bridgehead atoms. The number of pyridine rings is 1. The molecule has 1 N–H and O–H groups in total. The van der Waals surface area contributed by atoms with Crippen LogP contribution in [0.4, 0.5) is 5.82 Å². The summed E-state index contributed by atoms with van der Waals surface area (Å²) in [5.74, 6) is 1.86. The molecule has 3 aromatic heterocycles. The molecule has 0 atom stereocenters. The largest absolute Gasteiger partial charge is 0.494 e. The minimum Gasteiger partial charge on any atom is -0.494 e. The molecule has 0 saturated heterocycles. The van der Waals surface area contributed by atoms with Gasteiger partial charge in [0.05, 0.1) is 27.0 Å². The maximum absolute atomic E-state index is 12.9. The van der Waals surface area contributed by atoms with Gasteiger partial charge in [0, 0.05) is 19.2 Å². The molecule has 5 rings (SSSR count). The van der Waals surface area contributed by atoms with E-state index < -0.39 is 10.2 Å². The first-order chi connectivity index (χ1) is 17.9. The van der Waals surface area contributed by atoms with Crippen LogP contribution in [0.2, 0.25) is 0 Å². The van der Waals surface area contributed by atoms with Gasteiger partial charge in [0.15, 0.2) is 22.9 Å². The zero-order valence-corrected chi connectivity index (χ0v) is 21.7. The van der Waals surface area contributed by atoms with Gasteiger partial charge in [-0.15, -0.1) is 0 Å². The van der Waals surface area contributed by atoms with E-state index in [-0.39, 0.29) is 23.2 Å². The van der Waals surface area contributed by atoms with Gasteiger partial charge in [-0.2, -0.15) is 12.7 Å². The minimum absolute atomic E-state index is 0.00662. The van der Waals surface area contributed by atoms with E-state index in [1.165, 1.54) is 10.5 Å². The number of imidazole rings is 1. The van der Waals surface area contributed by atoms with Crippen LogP contribution in [0.25, 0.3) is 28.5 Å². The highest BCUT2D eigenvalue weighted by molar-refractivity contribution is 7.90. The predicted octanol–water partition coefficient (Wildman–Crippen LogP) is 3.04. The van der Waals surface area contributed by atoms with Gasteiger partial charge in [-0.25, -0.2) is 19.9 Å². The second-order valence-electron chi connectivity index (χ2n) is 8.33. The summed E-state index contributed by atoms with van der Waals surface area (Å²) >= 11 is 0. The molecule has 1 aliphatic carbocycles. The normalized spacial score (nSPS) is 13.6. The van der Waals surface area contributed by atoms with Crippen molar-refractivity contribution >= 4 is 27.3 Å². The van der Waals surface area contributed by atoms with Crippen molar-refractivity contribution in [2.24, 2.45) is 0 Å². The maximum atomic E-state index is 12.9. The van der Waals surface area contributed by atoms with Crippen molar-refractivity contribution in [2.75, 3.05) is 32.6 Å². The number of nitrogens with one attached hydrogen (secondary N) is 1. The number of anilines is 1. The van der Waals surface area contributed by atoms with Crippen molar-refractivity contribution in [3.05, 3.63) is 42.6 Å². The predicted molar refractivity (Wildman–Crippen MR) is 137 cm³/mol. The van der Waals surface area contributed by atoms with Crippen molar-refractivity contribution in [3.8, 4) is 34.6 Å². The summed E-state index contributed by atoms with van der Waals surface area (Å²) in [4.78, 5) is 18.3. The van der Waals surface area contributed by atoms with Gasteiger partial charge in [-0.05, 0) is 38.0 Å². The average Bonchev–Trinajstić information content (AvgIpc) is 3.68. The van der Waals surface area contributed by atoms with Gasteiger partial charge < -0.3 is 14.2 Å². The number of fused-ring (bicyclic) bond motifs is 1. The third-order valence-electron chi connectivity index (χ3n) is 5.91. The molecule has 0 aliphatic heterocycles. The standard InChI is InChI=1S/C24H27N7O5S/c1-5-36-20-11-6-8-16(26-20)23-28-22-24(31(23)21-17(34-3)9-7-10-18(21)35-4)27-19(14-25-22)29-37(32,33)30(2)15-12-13-15/h6-11,14-15H,5,12-13H2,1-4H3,(H,27,29). The molecule has 0 radical (unpaired) electrons. The van der Waals surface area contributed by atoms with Gasteiger partial charge in [0.2, 0.25) is 5.88 Å². The van der Waals surface area contributed by atoms with Crippen LogP contribution in [0.5, 0.6) is 17.4 Å². The molecule has 1 fully saturated rings. The first-order valence-electron chi connectivity index (χ1n) is 11.7. The summed E-state index contributed by atoms with van der Waals surface area (Å²) in [6, 6.07) is 10.7. The van der Waals surface area contributed by atoms with Crippen LogP contribution in [0.3, 0.4) is 0 Å². The smallest absolute Gasteiger partial charge is 0.302 e. The van der Waals surface area contributed by atoms with Crippen molar-refractivity contribution in [2.45, 2.75) is 25.8 Å². The Morgan fingerprint density at radius 3 is 2.41 bits per heavy atom. The molecule has 0 spiro atoms. The fraction of sp³-hybridized carbons (Fsp3) is 0.333. The Balaban J connectivity index is 1.73. The van der Waals surface area contributed by atoms with Gasteiger partial charge in [-0.1, -0.05) is 12.1 Å². The number of para-hydroxylation sites is 1. The van der Waals surface area contributed by atoms with Crippen LogP contribution in [0.15, 0.2) is 42.6 Å². The lowest BCUT2D eigenvalue weighted by atomic mass is 10.2. The topological polar surface area (TPSA) is 134 Å². The molecule has 1 aliphatic rings. The molecule has 37 heavy (non-hydrogen) atoms. The summed E-state index contributed by atoms with van der Waals surface area (Å²) in [6.45, 7) is 2.33. The molecular formula is C24H27N7O5S. The molecule has 12 nitrogen and oxygen atoms in total. The highest BCUT2D eigenvalue weighted by Crippen LogP contribution is 2.38. The number of methoxy groups -OCH3 is 2. The Morgan fingerprint density at radius 1 is 1.05 bits per heavy atom. The van der Waals surface area contributed by atoms with Crippen LogP contribution in [-0.2, 0) is 10.2 Å². The van der Waals surface area contributed by atoms with Crippen LogP contribution >= 0.6 is 0 Å². The van der Waals surface area contributed by atoms with Crippen LogP contribution in [-0.4, -0.2) is 71.1 Å². The van der Waals surface area contributed by atoms with E-state index in [2.05, 4.69) is 19.7 Å². The Hall–Kier alpha value is -3.97. The van der Waals surface area contributed by atoms with Crippen molar-refractivity contribution in [3.63, 3.8) is 0 Å². The molecular weight excluding hydrogens is 498 g/mol. The molecule has 1 aromatic carbocycles. The summed E-state index contributed by atoms with van der Waals surface area (Å²) in [6.07, 6.45) is 3.00. The van der Waals surface area contributed by atoms with E-state index in [1.54, 1.807) is 56.2 Å². The number of hydrogen-bond acceptors (Lipinski definition) is 9. The van der Waals surface area contributed by atoms with E-state index in [4.69, 9.17) is 19.2 Å². The fourth-order valence-electron chi connectivity index (χ4n) is 3.94. The SMILES string of the molecule is CCOc1cccc(-c2nc3ncc(NS(=O)(=O)N(C)C4CC4)nc3n2-c2c(OC)cccc2OC)n1. The van der Waals surface area contributed by atoms with Crippen molar-refractivity contribution < 1.29 is 22.6 Å². The number of benzene rings is 1. The fourth-order valence-corrected chi connectivity index (χ4v) is 5.05. The summed E-state index contributed by atoms with van der Waals surface area (Å²) in [5.41, 5.74) is 1.58. The number of hydrogen-bond donors (Lipinski definition) is 1. The van der Waals surface area contributed by atoms with E-state index in [9.17, 15) is 8.42 Å². The lowest BCUT2D eigenvalue weighted by molar-refractivity contribution is 0.327. The Labute approximate surface area is 214 Å². The molecule has 4 aromatic rings. The van der Waals surface area contributed by atoms with Gasteiger partial charge in [-0.3, -0.25) is 9.29 Å². The highest BCUT2D eigenvalue weighted by Gasteiger charge is 2.34. The first-order valence-corrected chi connectivity index (χ1v) is 13.1. The maximum Gasteiger partial charge on any atom is 0.302 e. The van der Waals surface area contributed by atoms with E-state index in [1.807, 2.05) is 13.0 Å². The van der Waals surface area contributed by atoms with Crippen LogP contribution < -0.4 is 18.9 Å². The minimum atomic E-state index is -3.81. The molecule has 3 heterocycles. The number of ether oxygens (including phenoxy) is 3. The van der Waals surface area contributed by atoms with E-state index >= 15 is 0 Å². The number of aromatic nitrogens is 5. The van der Waals surface area contributed by atoms with Crippen molar-refractivity contribution in [1.82, 2.24) is 28.8 Å². The Bertz CT molecular complexity index is 1530. The second kappa shape index (κ2) is 9.82. The van der Waals surface area contributed by atoms with Gasteiger partial charge in [0.25, 0.3) is 0 Å². The molecule has 1 saturated carbocycles. The van der Waals surface area contributed by atoms with E-state index in [0.717, 1.165) is 12.8 Å². The number of rotatable bonds is 10. The highest BCUT2D eigenvalue weighted by atomic mass is 32.2. The van der Waals surface area contributed by atoms with Gasteiger partial charge in [0.1, 0.15) is 22.9 Å². The summed E-state index contributed by atoms with van der Waals surface area (Å²) in [5, 5.41) is 0. The van der Waals surface area contributed by atoms with Gasteiger partial charge >= 0.3 is 10.2 Å². The molecule has 194 valence electrons. The van der Waals surface area contributed by atoms with E-state index in [0.29, 0.717) is 41.2 Å². The molecule has 0 unspecified atom stereocenters. The van der Waals surface area contributed by atoms with Crippen LogP contribution in [0.1, 0.15) is 19.8 Å². The molecule has 0 amide bonds.